The molecule has 12 heavy (non-hydrogen) atoms. The van der Waals surface area contributed by atoms with Crippen molar-refractivity contribution in [1.82, 2.24) is 4.90 Å². The van der Waals surface area contributed by atoms with Crippen LogP contribution in [0.2, 0.25) is 0 Å². The van der Waals surface area contributed by atoms with E-state index in [1.165, 1.54) is 0 Å². The molecule has 1 heterocycles. The van der Waals surface area contributed by atoms with Gasteiger partial charge in [0.05, 0.1) is 5.75 Å². The summed E-state index contributed by atoms with van der Waals surface area (Å²) < 4.78 is 20.5. The zero-order valence-corrected chi connectivity index (χ0v) is 8.59. The number of nitrogens with zero attached hydrogens (tertiary/aromatic N) is 1. The van der Waals surface area contributed by atoms with E-state index in [0.29, 0.717) is 5.75 Å². The van der Waals surface area contributed by atoms with Crippen LogP contribution >= 0.6 is 0 Å². The highest BCUT2D eigenvalue weighted by molar-refractivity contribution is 7.72. The maximum Gasteiger partial charge on any atom is 0.141 e. The van der Waals surface area contributed by atoms with Gasteiger partial charge in [0.15, 0.2) is 0 Å². The Balaban J connectivity index is 2.09. The molecule has 0 bridgehead atoms. The molecule has 1 saturated heterocycles. The van der Waals surface area contributed by atoms with Crippen LogP contribution in [0.4, 0.5) is 0 Å². The number of rotatable bonds is 4. The molecule has 1 fully saturated rings. The Labute approximate surface area is 75.7 Å². The molecule has 72 valence electrons. The summed E-state index contributed by atoms with van der Waals surface area (Å²) in [6, 6.07) is 0. The summed E-state index contributed by atoms with van der Waals surface area (Å²) >= 11 is 0. The van der Waals surface area contributed by atoms with Gasteiger partial charge in [0, 0.05) is 19.6 Å². The molecular weight excluding hydrogens is 174 g/mol. The lowest BCUT2D eigenvalue weighted by Crippen LogP contribution is -2.49. The van der Waals surface area contributed by atoms with Gasteiger partial charge >= 0.3 is 0 Å². The van der Waals surface area contributed by atoms with Crippen LogP contribution in [0.25, 0.3) is 0 Å². The van der Waals surface area contributed by atoms with Crippen molar-refractivity contribution in [3.8, 4) is 0 Å². The maximum absolute atomic E-state index is 10.3. The van der Waals surface area contributed by atoms with E-state index in [1.807, 2.05) is 0 Å². The Hall–Kier alpha value is -0.0900. The van der Waals surface area contributed by atoms with E-state index >= 15 is 0 Å². The average molecular weight is 191 g/mol. The van der Waals surface area contributed by atoms with Crippen LogP contribution in [0.3, 0.4) is 0 Å². The third kappa shape index (κ3) is 2.75. The Morgan fingerprint density at radius 2 is 2.00 bits per heavy atom. The van der Waals surface area contributed by atoms with Gasteiger partial charge in [-0.15, -0.1) is 0 Å². The molecule has 0 saturated carbocycles. The summed E-state index contributed by atoms with van der Waals surface area (Å²) in [4.78, 5) is 2.20. The Bertz CT molecular complexity index is 199. The first kappa shape index (κ1) is 9.99. The van der Waals surface area contributed by atoms with Crippen molar-refractivity contribution in [3.05, 3.63) is 0 Å². The van der Waals surface area contributed by atoms with Crippen LogP contribution in [0, 0.1) is 11.8 Å². The Kier molecular flexibility index (Phi) is 3.53. The fraction of sp³-hybridized carbons (Fsp3) is 1.00. The quantitative estimate of drug-likeness (QED) is 0.644. The van der Waals surface area contributed by atoms with Crippen molar-refractivity contribution in [1.29, 1.82) is 0 Å². The smallest absolute Gasteiger partial charge is 0.141 e. The Morgan fingerprint density at radius 3 is 2.42 bits per heavy atom. The minimum absolute atomic E-state index is 0.320. The van der Waals surface area contributed by atoms with Crippen molar-refractivity contribution >= 4 is 10.7 Å². The molecule has 1 rings (SSSR count). The van der Waals surface area contributed by atoms with E-state index in [2.05, 4.69) is 18.7 Å². The zero-order chi connectivity index (χ0) is 9.14. The van der Waals surface area contributed by atoms with Crippen molar-refractivity contribution in [2.24, 2.45) is 11.8 Å². The minimum atomic E-state index is -2.18. The molecule has 1 aliphatic heterocycles. The summed E-state index contributed by atoms with van der Waals surface area (Å²) in [5, 5.41) is 0. The highest BCUT2D eigenvalue weighted by Crippen LogP contribution is 2.22. The van der Waals surface area contributed by atoms with Crippen LogP contribution in [-0.4, -0.2) is 38.7 Å². The SMILES string of the molecule is CC(C)C1CN(CC[SH](=O)=O)C1. The Morgan fingerprint density at radius 1 is 1.42 bits per heavy atom. The summed E-state index contributed by atoms with van der Waals surface area (Å²) in [6.07, 6.45) is 0. The van der Waals surface area contributed by atoms with Crippen LogP contribution in [0.15, 0.2) is 0 Å². The normalized spacial score (nSPS) is 20.3. The van der Waals surface area contributed by atoms with Gasteiger partial charge in [-0.25, -0.2) is 8.42 Å². The minimum Gasteiger partial charge on any atom is -0.302 e. The molecule has 0 spiro atoms. The molecule has 1 aliphatic rings. The number of hydrogen-bond acceptors (Lipinski definition) is 3. The van der Waals surface area contributed by atoms with Crippen LogP contribution in [0.5, 0.6) is 0 Å². The molecule has 0 N–H and O–H groups in total. The highest BCUT2D eigenvalue weighted by atomic mass is 32.2. The first-order valence-corrected chi connectivity index (χ1v) is 5.80. The fourth-order valence-electron chi connectivity index (χ4n) is 1.44. The van der Waals surface area contributed by atoms with Crippen LogP contribution in [0.1, 0.15) is 13.8 Å². The van der Waals surface area contributed by atoms with Crippen LogP contribution < -0.4 is 0 Å². The summed E-state index contributed by atoms with van der Waals surface area (Å²) in [6.45, 7) is 7.33. The van der Waals surface area contributed by atoms with Crippen molar-refractivity contribution in [2.75, 3.05) is 25.4 Å². The predicted octanol–water partition coefficient (Wildman–Crippen LogP) is 0.186. The zero-order valence-electron chi connectivity index (χ0n) is 7.69. The molecule has 0 amide bonds. The number of likely N-dealkylation sites (tertiary alicyclic amines) is 1. The molecule has 0 aromatic carbocycles. The number of thiol groups is 1. The third-order valence-corrected chi connectivity index (χ3v) is 3.09. The predicted molar refractivity (Wildman–Crippen MR) is 49.9 cm³/mol. The first-order chi connectivity index (χ1) is 5.59. The van der Waals surface area contributed by atoms with Crippen molar-refractivity contribution in [2.45, 2.75) is 13.8 Å². The monoisotopic (exact) mass is 191 g/mol. The van der Waals surface area contributed by atoms with E-state index < -0.39 is 10.7 Å². The largest absolute Gasteiger partial charge is 0.302 e. The van der Waals surface area contributed by atoms with Gasteiger partial charge in [0.25, 0.3) is 0 Å². The van der Waals surface area contributed by atoms with Crippen LogP contribution in [-0.2, 0) is 10.7 Å². The van der Waals surface area contributed by atoms with Gasteiger partial charge in [-0.1, -0.05) is 13.8 Å². The topological polar surface area (TPSA) is 37.4 Å². The van der Waals surface area contributed by atoms with Gasteiger partial charge in [0.1, 0.15) is 10.7 Å². The second-order valence-corrected chi connectivity index (χ2v) is 4.93. The molecule has 0 aliphatic carbocycles. The summed E-state index contributed by atoms with van der Waals surface area (Å²) in [5.74, 6) is 1.84. The van der Waals surface area contributed by atoms with Crippen molar-refractivity contribution in [3.63, 3.8) is 0 Å². The second kappa shape index (κ2) is 4.23. The molecule has 0 atom stereocenters. The highest BCUT2D eigenvalue weighted by Gasteiger charge is 2.28. The van der Waals surface area contributed by atoms with Gasteiger partial charge in [-0.3, -0.25) is 0 Å². The summed E-state index contributed by atoms with van der Waals surface area (Å²) in [7, 11) is -2.18. The lowest BCUT2D eigenvalue weighted by molar-refractivity contribution is 0.0753. The molecule has 0 unspecified atom stereocenters. The second-order valence-electron chi connectivity index (χ2n) is 3.82. The molecular formula is C8H17NO2S. The average Bonchev–Trinajstić information content (AvgIpc) is 1.82. The van der Waals surface area contributed by atoms with E-state index in [0.717, 1.165) is 31.5 Å². The molecule has 0 aromatic heterocycles. The van der Waals surface area contributed by atoms with Gasteiger partial charge in [-0.05, 0) is 11.8 Å². The molecule has 3 nitrogen and oxygen atoms in total. The number of hydrogen-bond donors (Lipinski definition) is 1. The van der Waals surface area contributed by atoms with E-state index in [4.69, 9.17) is 0 Å². The van der Waals surface area contributed by atoms with E-state index in [1.54, 1.807) is 0 Å². The van der Waals surface area contributed by atoms with Gasteiger partial charge in [-0.2, -0.15) is 0 Å². The summed E-state index contributed by atoms with van der Waals surface area (Å²) in [5.41, 5.74) is 0. The van der Waals surface area contributed by atoms with Crippen molar-refractivity contribution < 1.29 is 8.42 Å². The molecule has 4 heteroatoms. The first-order valence-electron chi connectivity index (χ1n) is 4.43. The molecule has 0 radical (unpaired) electrons. The lowest BCUT2D eigenvalue weighted by Gasteiger charge is -2.41. The lowest BCUT2D eigenvalue weighted by atomic mass is 9.89. The maximum atomic E-state index is 10.3. The van der Waals surface area contributed by atoms with Gasteiger partial charge in [0.2, 0.25) is 0 Å². The van der Waals surface area contributed by atoms with E-state index in [9.17, 15) is 8.42 Å². The third-order valence-electron chi connectivity index (χ3n) is 2.53. The van der Waals surface area contributed by atoms with E-state index in [-0.39, 0.29) is 0 Å². The standard InChI is InChI=1S/C8H17NO2S/c1-7(2)8-5-9(6-8)3-4-12(10)11/h7-8,12H,3-6H2,1-2H3. The van der Waals surface area contributed by atoms with Gasteiger partial charge < -0.3 is 4.90 Å². The molecule has 0 aromatic rings. The fourth-order valence-corrected chi connectivity index (χ4v) is 1.88.